The van der Waals surface area contributed by atoms with Gasteiger partial charge in [-0.05, 0) is 12.8 Å². The molecule has 1 heterocycles. The average Bonchev–Trinajstić information content (AvgIpc) is 2.49. The Labute approximate surface area is 133 Å². The van der Waals surface area contributed by atoms with Crippen molar-refractivity contribution in [1.29, 1.82) is 0 Å². The fraction of sp³-hybridized carbons (Fsp3) is 0.929. The van der Waals surface area contributed by atoms with Crippen LogP contribution >= 0.6 is 0 Å². The highest BCUT2D eigenvalue weighted by Crippen LogP contribution is 2.33. The van der Waals surface area contributed by atoms with Crippen LogP contribution in [0.3, 0.4) is 0 Å². The third-order valence-corrected chi connectivity index (χ3v) is 4.35. The van der Waals surface area contributed by atoms with E-state index in [0.29, 0.717) is 12.8 Å². The summed E-state index contributed by atoms with van der Waals surface area (Å²) in [5.41, 5.74) is 0. The second-order valence-corrected chi connectivity index (χ2v) is 6.16. The van der Waals surface area contributed by atoms with Crippen LogP contribution in [0.2, 0.25) is 0 Å². The summed E-state index contributed by atoms with van der Waals surface area (Å²) < 4.78 is 10.9. The largest absolute Gasteiger partial charge is 0.394 e. The minimum atomic E-state index is -1.87. The summed E-state index contributed by atoms with van der Waals surface area (Å²) in [7, 11) is 0. The first-order valence-corrected chi connectivity index (χ1v) is 7.76. The van der Waals surface area contributed by atoms with Gasteiger partial charge in [-0.1, -0.05) is 6.42 Å². The first kappa shape index (κ1) is 18.5. The second-order valence-electron chi connectivity index (χ2n) is 6.16. The van der Waals surface area contributed by atoms with Crippen LogP contribution in [0.15, 0.2) is 0 Å². The van der Waals surface area contributed by atoms with Crippen molar-refractivity contribution in [1.82, 2.24) is 5.32 Å². The lowest BCUT2D eigenvalue weighted by Crippen LogP contribution is -2.66. The molecule has 0 aromatic carbocycles. The van der Waals surface area contributed by atoms with Crippen molar-refractivity contribution in [3.8, 4) is 0 Å². The molecule has 6 N–H and O–H groups in total. The standard InChI is InChI=1S/C14H25NO8/c1-7(17)15-10-12(20)11(19)8(6-16)22-13(10)23-14(21)5-3-2-4-9(14)18/h8-13,16,18-21H,2-6H2,1H3,(H,15,17)/t8-,9-,10-,11-,12-,13?,14-/m1/s1. The van der Waals surface area contributed by atoms with Gasteiger partial charge in [-0.25, -0.2) is 0 Å². The van der Waals surface area contributed by atoms with E-state index in [-0.39, 0.29) is 6.42 Å². The van der Waals surface area contributed by atoms with Gasteiger partial charge in [-0.15, -0.1) is 0 Å². The van der Waals surface area contributed by atoms with Crippen LogP contribution in [-0.2, 0) is 14.3 Å². The van der Waals surface area contributed by atoms with E-state index in [4.69, 9.17) is 9.47 Å². The van der Waals surface area contributed by atoms with Crippen LogP contribution in [0.4, 0.5) is 0 Å². The fourth-order valence-electron chi connectivity index (χ4n) is 3.02. The number of ether oxygens (including phenoxy) is 2. The van der Waals surface area contributed by atoms with E-state index in [0.717, 1.165) is 6.42 Å². The zero-order valence-electron chi connectivity index (χ0n) is 13.0. The summed E-state index contributed by atoms with van der Waals surface area (Å²) in [6, 6.07) is -1.15. The van der Waals surface area contributed by atoms with Crippen LogP contribution in [0, 0.1) is 0 Å². The minimum absolute atomic E-state index is 0.170. The molecular weight excluding hydrogens is 310 g/mol. The maximum Gasteiger partial charge on any atom is 0.217 e. The quantitative estimate of drug-likeness (QED) is 0.311. The number of hydrogen-bond acceptors (Lipinski definition) is 8. The summed E-state index contributed by atoms with van der Waals surface area (Å²) in [5, 5.41) is 52.2. The summed E-state index contributed by atoms with van der Waals surface area (Å²) in [6.45, 7) is 0.643. The van der Waals surface area contributed by atoms with Crippen molar-refractivity contribution >= 4 is 5.91 Å². The Morgan fingerprint density at radius 2 is 2.00 bits per heavy atom. The number of rotatable bonds is 4. The Morgan fingerprint density at radius 3 is 2.57 bits per heavy atom. The van der Waals surface area contributed by atoms with Gasteiger partial charge in [0.25, 0.3) is 0 Å². The Bertz CT molecular complexity index is 422. The van der Waals surface area contributed by atoms with Gasteiger partial charge < -0.3 is 40.3 Å². The molecule has 2 aliphatic rings. The Kier molecular flexibility index (Phi) is 5.95. The van der Waals surface area contributed by atoms with Gasteiger partial charge in [0.2, 0.25) is 5.91 Å². The second kappa shape index (κ2) is 7.39. The number of carbonyl (C=O) groups is 1. The number of nitrogens with one attached hydrogen (secondary N) is 1. The van der Waals surface area contributed by atoms with E-state index in [2.05, 4.69) is 5.32 Å². The van der Waals surface area contributed by atoms with E-state index in [1.165, 1.54) is 6.92 Å². The molecule has 23 heavy (non-hydrogen) atoms. The molecule has 0 aromatic heterocycles. The molecule has 1 amide bonds. The maximum atomic E-state index is 11.3. The lowest BCUT2D eigenvalue weighted by molar-refractivity contribution is -0.367. The number of aliphatic hydroxyl groups is 5. The van der Waals surface area contributed by atoms with Crippen LogP contribution < -0.4 is 5.32 Å². The molecule has 0 spiro atoms. The molecule has 0 bridgehead atoms. The molecule has 2 rings (SSSR count). The van der Waals surface area contributed by atoms with Crippen molar-refractivity contribution in [3.63, 3.8) is 0 Å². The molecule has 7 atom stereocenters. The highest BCUT2D eigenvalue weighted by molar-refractivity contribution is 5.73. The Morgan fingerprint density at radius 1 is 1.30 bits per heavy atom. The molecule has 2 fully saturated rings. The average molecular weight is 335 g/mol. The lowest BCUT2D eigenvalue weighted by Gasteiger charge is -2.46. The van der Waals surface area contributed by atoms with Crippen LogP contribution in [0.25, 0.3) is 0 Å². The predicted molar refractivity (Wildman–Crippen MR) is 75.9 cm³/mol. The highest BCUT2D eigenvalue weighted by Gasteiger charge is 2.50. The van der Waals surface area contributed by atoms with Crippen LogP contribution in [0.1, 0.15) is 32.6 Å². The molecule has 134 valence electrons. The molecule has 1 saturated heterocycles. The third-order valence-electron chi connectivity index (χ3n) is 4.35. The van der Waals surface area contributed by atoms with E-state index >= 15 is 0 Å². The number of amides is 1. The van der Waals surface area contributed by atoms with Crippen molar-refractivity contribution in [3.05, 3.63) is 0 Å². The van der Waals surface area contributed by atoms with Gasteiger partial charge >= 0.3 is 0 Å². The monoisotopic (exact) mass is 335 g/mol. The third kappa shape index (κ3) is 4.00. The zero-order valence-corrected chi connectivity index (χ0v) is 13.0. The molecule has 9 nitrogen and oxygen atoms in total. The fourth-order valence-corrected chi connectivity index (χ4v) is 3.02. The molecule has 1 aliphatic carbocycles. The van der Waals surface area contributed by atoms with Crippen molar-refractivity contribution in [2.24, 2.45) is 0 Å². The van der Waals surface area contributed by atoms with Gasteiger partial charge in [0.15, 0.2) is 12.1 Å². The Balaban J connectivity index is 2.18. The smallest absolute Gasteiger partial charge is 0.217 e. The van der Waals surface area contributed by atoms with Gasteiger partial charge in [0.05, 0.1) is 6.61 Å². The molecule has 0 radical (unpaired) electrons. The number of carbonyl (C=O) groups excluding carboxylic acids is 1. The SMILES string of the molecule is CC(=O)N[C@H]1C(O[C@]2(O)CCCC[C@H]2O)O[C@H](CO)[C@@H](O)[C@@H]1O. The molecule has 0 aromatic rings. The highest BCUT2D eigenvalue weighted by atomic mass is 16.8. The van der Waals surface area contributed by atoms with Gasteiger partial charge in [-0.3, -0.25) is 4.79 Å². The Hall–Kier alpha value is -0.810. The summed E-state index contributed by atoms with van der Waals surface area (Å²) in [4.78, 5) is 11.3. The van der Waals surface area contributed by atoms with Gasteiger partial charge in [0, 0.05) is 13.3 Å². The predicted octanol–water partition coefficient (Wildman–Crippen LogP) is -2.43. The first-order valence-electron chi connectivity index (χ1n) is 7.76. The van der Waals surface area contributed by atoms with Gasteiger partial charge in [0.1, 0.15) is 30.5 Å². The van der Waals surface area contributed by atoms with E-state index in [1.54, 1.807) is 0 Å². The van der Waals surface area contributed by atoms with E-state index in [1.807, 2.05) is 0 Å². The zero-order chi connectivity index (χ0) is 17.2. The molecule has 9 heteroatoms. The topological polar surface area (TPSA) is 149 Å². The molecule has 1 aliphatic heterocycles. The summed E-state index contributed by atoms with van der Waals surface area (Å²) >= 11 is 0. The van der Waals surface area contributed by atoms with Crippen LogP contribution in [0.5, 0.6) is 0 Å². The van der Waals surface area contributed by atoms with Crippen molar-refractivity contribution < 1.29 is 39.8 Å². The lowest BCUT2D eigenvalue weighted by atomic mass is 9.90. The van der Waals surface area contributed by atoms with Crippen molar-refractivity contribution in [2.75, 3.05) is 6.61 Å². The number of aliphatic hydroxyl groups excluding tert-OH is 4. The van der Waals surface area contributed by atoms with E-state index in [9.17, 15) is 30.3 Å². The van der Waals surface area contributed by atoms with Crippen LogP contribution in [-0.4, -0.2) is 80.6 Å². The summed E-state index contributed by atoms with van der Waals surface area (Å²) in [5.74, 6) is -2.36. The van der Waals surface area contributed by atoms with E-state index < -0.39 is 55.0 Å². The maximum absolute atomic E-state index is 11.3. The molecule has 1 saturated carbocycles. The first-order chi connectivity index (χ1) is 10.8. The normalized spacial score (nSPS) is 44.8. The molecule has 1 unspecified atom stereocenters. The molecular formula is C14H25NO8. The minimum Gasteiger partial charge on any atom is -0.394 e. The van der Waals surface area contributed by atoms with Crippen molar-refractivity contribution in [2.45, 2.75) is 75.1 Å². The summed E-state index contributed by atoms with van der Waals surface area (Å²) in [6.07, 6.45) is -4.58. The number of hydrogen-bond donors (Lipinski definition) is 6. The van der Waals surface area contributed by atoms with Gasteiger partial charge in [-0.2, -0.15) is 0 Å².